The number of ether oxygens (including phenoxy) is 3. The van der Waals surface area contributed by atoms with Crippen LogP contribution in [0.3, 0.4) is 0 Å². The van der Waals surface area contributed by atoms with Crippen LogP contribution < -0.4 is 0 Å². The van der Waals surface area contributed by atoms with E-state index in [4.69, 9.17) is 14.2 Å². The molecule has 3 heteroatoms. The Bertz CT molecular complexity index is 747. The average Bonchev–Trinajstić information content (AvgIpc) is 2.77. The summed E-state index contributed by atoms with van der Waals surface area (Å²) in [6.07, 6.45) is 3.52. The van der Waals surface area contributed by atoms with E-state index in [9.17, 15) is 0 Å². The molecular formula is C27H38O3. The van der Waals surface area contributed by atoms with Crippen molar-refractivity contribution in [1.29, 1.82) is 0 Å². The Morgan fingerprint density at radius 1 is 0.767 bits per heavy atom. The molecule has 3 rings (SSSR count). The Labute approximate surface area is 182 Å². The van der Waals surface area contributed by atoms with Crippen LogP contribution in [0.25, 0.3) is 11.1 Å². The van der Waals surface area contributed by atoms with Gasteiger partial charge in [0, 0.05) is 5.41 Å². The van der Waals surface area contributed by atoms with E-state index in [1.54, 1.807) is 0 Å². The number of rotatable bonds is 12. The minimum absolute atomic E-state index is 0.205. The molecule has 0 spiro atoms. The third-order valence-electron chi connectivity index (χ3n) is 6.79. The van der Waals surface area contributed by atoms with Gasteiger partial charge in [0.2, 0.25) is 0 Å². The normalized spacial score (nSPS) is 15.7. The van der Waals surface area contributed by atoms with Crippen LogP contribution in [0, 0.1) is 10.8 Å². The third-order valence-corrected chi connectivity index (χ3v) is 6.79. The summed E-state index contributed by atoms with van der Waals surface area (Å²) in [6, 6.07) is 17.4. The van der Waals surface area contributed by atoms with E-state index >= 15 is 0 Å². The van der Waals surface area contributed by atoms with Crippen molar-refractivity contribution >= 4 is 0 Å². The molecule has 0 radical (unpaired) electrons. The zero-order valence-electron chi connectivity index (χ0n) is 19.2. The predicted molar refractivity (Wildman–Crippen MR) is 123 cm³/mol. The maximum absolute atomic E-state index is 6.07. The minimum Gasteiger partial charge on any atom is -0.380 e. The standard InChI is InChI=1S/C27H38O3/c1-5-27(6-2,7-3)21-29-17-23-10-14-25(15-11-23)24-12-8-22(9-13-24)16-28-18-26(4)19-30-20-26/h8-15H,5-7,16-21H2,1-4H3. The third kappa shape index (κ3) is 5.94. The fourth-order valence-corrected chi connectivity index (χ4v) is 3.98. The second-order valence-corrected chi connectivity index (χ2v) is 9.24. The number of benzene rings is 2. The molecule has 0 N–H and O–H groups in total. The molecule has 0 saturated carbocycles. The van der Waals surface area contributed by atoms with E-state index in [-0.39, 0.29) is 5.41 Å². The number of hydrogen-bond donors (Lipinski definition) is 0. The highest BCUT2D eigenvalue weighted by atomic mass is 16.5. The van der Waals surface area contributed by atoms with Crippen molar-refractivity contribution in [2.75, 3.05) is 26.4 Å². The molecule has 0 atom stereocenters. The topological polar surface area (TPSA) is 27.7 Å². The van der Waals surface area contributed by atoms with Crippen molar-refractivity contribution in [3.63, 3.8) is 0 Å². The highest BCUT2D eigenvalue weighted by Crippen LogP contribution is 2.31. The molecule has 0 bridgehead atoms. The van der Waals surface area contributed by atoms with Gasteiger partial charge in [0.1, 0.15) is 0 Å². The molecule has 2 aromatic carbocycles. The maximum atomic E-state index is 6.07. The van der Waals surface area contributed by atoms with Gasteiger partial charge in [-0.15, -0.1) is 0 Å². The molecule has 164 valence electrons. The van der Waals surface area contributed by atoms with Gasteiger partial charge in [0.05, 0.1) is 39.6 Å². The van der Waals surface area contributed by atoms with E-state index in [1.165, 1.54) is 41.5 Å². The molecule has 3 nitrogen and oxygen atoms in total. The van der Waals surface area contributed by atoms with Crippen LogP contribution in [0.4, 0.5) is 0 Å². The van der Waals surface area contributed by atoms with Gasteiger partial charge >= 0.3 is 0 Å². The molecule has 30 heavy (non-hydrogen) atoms. The fourth-order valence-electron chi connectivity index (χ4n) is 3.98. The summed E-state index contributed by atoms with van der Waals surface area (Å²) in [7, 11) is 0. The zero-order valence-corrected chi connectivity index (χ0v) is 19.2. The average molecular weight is 411 g/mol. The summed E-state index contributed by atoms with van der Waals surface area (Å²) in [6.45, 7) is 13.6. The highest BCUT2D eigenvalue weighted by Gasteiger charge is 2.33. The van der Waals surface area contributed by atoms with Gasteiger partial charge in [-0.3, -0.25) is 0 Å². The van der Waals surface area contributed by atoms with Crippen LogP contribution in [0.5, 0.6) is 0 Å². The van der Waals surface area contributed by atoms with E-state index in [0.29, 0.717) is 18.6 Å². The molecule has 2 aromatic rings. The lowest BCUT2D eigenvalue weighted by Crippen LogP contribution is -2.43. The summed E-state index contributed by atoms with van der Waals surface area (Å²) in [4.78, 5) is 0. The van der Waals surface area contributed by atoms with Gasteiger partial charge in [-0.2, -0.15) is 0 Å². The molecular weight excluding hydrogens is 372 g/mol. The zero-order chi connectivity index (χ0) is 21.5. The van der Waals surface area contributed by atoms with Crippen molar-refractivity contribution in [2.45, 2.75) is 60.2 Å². The van der Waals surface area contributed by atoms with Crippen LogP contribution in [-0.4, -0.2) is 26.4 Å². The molecule has 1 fully saturated rings. The summed E-state index contributed by atoms with van der Waals surface area (Å²) in [5.41, 5.74) is 5.43. The first-order valence-corrected chi connectivity index (χ1v) is 11.4. The van der Waals surface area contributed by atoms with Crippen molar-refractivity contribution in [3.05, 3.63) is 59.7 Å². The largest absolute Gasteiger partial charge is 0.380 e. The van der Waals surface area contributed by atoms with Gasteiger partial charge in [0.25, 0.3) is 0 Å². The van der Waals surface area contributed by atoms with Crippen LogP contribution in [-0.2, 0) is 27.4 Å². The first-order chi connectivity index (χ1) is 14.5. The molecule has 0 aromatic heterocycles. The summed E-state index contributed by atoms with van der Waals surface area (Å²) in [5.74, 6) is 0. The van der Waals surface area contributed by atoms with Crippen LogP contribution in [0.15, 0.2) is 48.5 Å². The molecule has 1 aliphatic rings. The van der Waals surface area contributed by atoms with E-state index in [2.05, 4.69) is 76.2 Å². The van der Waals surface area contributed by atoms with Crippen molar-refractivity contribution < 1.29 is 14.2 Å². The second-order valence-electron chi connectivity index (χ2n) is 9.24. The lowest BCUT2D eigenvalue weighted by Gasteiger charge is -2.37. The lowest BCUT2D eigenvalue weighted by atomic mass is 9.81. The van der Waals surface area contributed by atoms with E-state index < -0.39 is 0 Å². The van der Waals surface area contributed by atoms with Crippen LogP contribution in [0.1, 0.15) is 58.1 Å². The van der Waals surface area contributed by atoms with Gasteiger partial charge in [-0.25, -0.2) is 0 Å². The monoisotopic (exact) mass is 410 g/mol. The van der Waals surface area contributed by atoms with Crippen molar-refractivity contribution in [3.8, 4) is 11.1 Å². The van der Waals surface area contributed by atoms with Gasteiger partial charge < -0.3 is 14.2 Å². The number of hydrogen-bond acceptors (Lipinski definition) is 3. The second kappa shape index (κ2) is 10.6. The molecule has 0 unspecified atom stereocenters. The highest BCUT2D eigenvalue weighted by molar-refractivity contribution is 5.63. The van der Waals surface area contributed by atoms with E-state index in [1.807, 2.05) is 0 Å². The maximum Gasteiger partial charge on any atom is 0.0717 e. The Balaban J connectivity index is 1.48. The molecule has 0 amide bonds. The first kappa shape index (κ1) is 23.0. The minimum atomic E-state index is 0.205. The van der Waals surface area contributed by atoms with Crippen LogP contribution in [0.2, 0.25) is 0 Å². The summed E-state index contributed by atoms with van der Waals surface area (Å²) < 4.78 is 17.2. The van der Waals surface area contributed by atoms with Crippen LogP contribution >= 0.6 is 0 Å². The Morgan fingerprint density at radius 2 is 1.23 bits per heavy atom. The molecule has 1 saturated heterocycles. The summed E-state index contributed by atoms with van der Waals surface area (Å²) in [5, 5.41) is 0. The Morgan fingerprint density at radius 3 is 1.63 bits per heavy atom. The van der Waals surface area contributed by atoms with Gasteiger partial charge in [-0.1, -0.05) is 76.2 Å². The van der Waals surface area contributed by atoms with Crippen molar-refractivity contribution in [2.24, 2.45) is 10.8 Å². The summed E-state index contributed by atoms with van der Waals surface area (Å²) >= 11 is 0. The Hall–Kier alpha value is -1.68. The van der Waals surface area contributed by atoms with Gasteiger partial charge in [-0.05, 0) is 46.9 Å². The predicted octanol–water partition coefficient (Wildman–Crippen LogP) is 6.64. The lowest BCUT2D eigenvalue weighted by molar-refractivity contribution is -0.140. The molecule has 1 heterocycles. The Kier molecular flexibility index (Phi) is 8.10. The van der Waals surface area contributed by atoms with Gasteiger partial charge in [0.15, 0.2) is 0 Å². The first-order valence-electron chi connectivity index (χ1n) is 11.4. The molecule has 1 aliphatic heterocycles. The fraction of sp³-hybridized carbons (Fsp3) is 0.556. The van der Waals surface area contributed by atoms with E-state index in [0.717, 1.165) is 26.4 Å². The SMILES string of the molecule is CCC(CC)(CC)COCc1ccc(-c2ccc(COCC3(C)COC3)cc2)cc1. The van der Waals surface area contributed by atoms with Crippen molar-refractivity contribution in [1.82, 2.24) is 0 Å². The quantitative estimate of drug-likeness (QED) is 0.392. The molecule has 0 aliphatic carbocycles. The smallest absolute Gasteiger partial charge is 0.0717 e.